The van der Waals surface area contributed by atoms with E-state index < -0.39 is 29.2 Å². The number of carbonyl (C=O) groups is 2. The summed E-state index contributed by atoms with van der Waals surface area (Å²) in [5.41, 5.74) is -0.268. The molecule has 38 heavy (non-hydrogen) atoms. The summed E-state index contributed by atoms with van der Waals surface area (Å²) in [5.74, 6) is -1.41. The van der Waals surface area contributed by atoms with Crippen LogP contribution in [0.25, 0.3) is 0 Å². The average Bonchev–Trinajstić information content (AvgIpc) is 3.65. The van der Waals surface area contributed by atoms with Crippen LogP contribution in [0.4, 0.5) is 29.1 Å². The number of anilines is 2. The maximum absolute atomic E-state index is 13.5. The van der Waals surface area contributed by atoms with E-state index in [0.29, 0.717) is 37.2 Å². The van der Waals surface area contributed by atoms with Crippen molar-refractivity contribution in [3.05, 3.63) is 88.9 Å². The molecule has 0 unspecified atom stereocenters. The highest BCUT2D eigenvalue weighted by molar-refractivity contribution is 6.00. The Morgan fingerprint density at radius 1 is 1.08 bits per heavy atom. The highest BCUT2D eigenvalue weighted by Gasteiger charge is 2.46. The van der Waals surface area contributed by atoms with Crippen LogP contribution >= 0.6 is 0 Å². The third-order valence-electron chi connectivity index (χ3n) is 6.78. The van der Waals surface area contributed by atoms with Crippen LogP contribution < -0.4 is 15.5 Å². The highest BCUT2D eigenvalue weighted by Crippen LogP contribution is 2.46. The molecule has 0 radical (unpaired) electrons. The molecule has 1 aliphatic heterocycles. The molecule has 7 nitrogen and oxygen atoms in total. The average molecular weight is 529 g/mol. The summed E-state index contributed by atoms with van der Waals surface area (Å²) in [4.78, 5) is 30.8. The van der Waals surface area contributed by atoms with Crippen LogP contribution in [0.3, 0.4) is 0 Å². The van der Waals surface area contributed by atoms with E-state index in [0.717, 1.165) is 17.8 Å². The van der Waals surface area contributed by atoms with Gasteiger partial charge in [0.25, 0.3) is 5.91 Å². The summed E-state index contributed by atoms with van der Waals surface area (Å²) in [6.07, 6.45) is -2.75. The van der Waals surface area contributed by atoms with E-state index in [1.807, 2.05) is 0 Å². The van der Waals surface area contributed by atoms with Crippen LogP contribution in [0.5, 0.6) is 0 Å². The third kappa shape index (κ3) is 5.13. The summed E-state index contributed by atoms with van der Waals surface area (Å²) in [5, 5.41) is 6.06. The first-order valence-corrected chi connectivity index (χ1v) is 11.9. The van der Waals surface area contributed by atoms with Gasteiger partial charge in [0.1, 0.15) is 11.6 Å². The largest absolute Gasteiger partial charge is 0.465 e. The minimum atomic E-state index is -4.67. The number of halogens is 4. The quantitative estimate of drug-likeness (QED) is 0.340. The number of nitrogens with one attached hydrogen (secondary N) is 2. The molecule has 0 spiro atoms. The zero-order valence-electron chi connectivity index (χ0n) is 20.3. The zero-order valence-corrected chi connectivity index (χ0v) is 20.3. The molecule has 1 amide bonds. The summed E-state index contributed by atoms with van der Waals surface area (Å²) in [6, 6.07) is 13.2. The van der Waals surface area contributed by atoms with Crippen LogP contribution in [0, 0.1) is 5.82 Å². The van der Waals surface area contributed by atoms with Gasteiger partial charge >= 0.3 is 12.1 Å². The van der Waals surface area contributed by atoms with Crippen molar-refractivity contribution < 1.29 is 31.9 Å². The van der Waals surface area contributed by atoms with Gasteiger partial charge in [-0.3, -0.25) is 4.79 Å². The summed E-state index contributed by atoms with van der Waals surface area (Å²) in [6.45, 7) is 0.741. The van der Waals surface area contributed by atoms with Crippen molar-refractivity contribution >= 4 is 23.4 Å². The Labute approximate surface area is 215 Å². The fraction of sp³-hybridized carbons (Fsp3) is 0.296. The normalized spacial score (nSPS) is 16.4. The lowest BCUT2D eigenvalue weighted by Crippen LogP contribution is -2.55. The van der Waals surface area contributed by atoms with Crippen LogP contribution in [0.2, 0.25) is 0 Å². The number of alkyl halides is 3. The van der Waals surface area contributed by atoms with Crippen molar-refractivity contribution in [2.45, 2.75) is 30.6 Å². The number of amides is 1. The van der Waals surface area contributed by atoms with Gasteiger partial charge in [-0.15, -0.1) is 0 Å². The van der Waals surface area contributed by atoms with E-state index in [2.05, 4.69) is 15.6 Å². The number of pyridine rings is 1. The Balaban J connectivity index is 1.35. The maximum atomic E-state index is 13.5. The summed E-state index contributed by atoms with van der Waals surface area (Å²) >= 11 is 0. The molecule has 1 aromatic heterocycles. The van der Waals surface area contributed by atoms with Crippen molar-refractivity contribution in [1.82, 2.24) is 10.3 Å². The number of aromatic nitrogens is 1. The lowest BCUT2D eigenvalue weighted by molar-refractivity contribution is -0.137. The molecule has 198 valence electrons. The van der Waals surface area contributed by atoms with Gasteiger partial charge in [0.05, 0.1) is 35.4 Å². The second-order valence-corrected chi connectivity index (χ2v) is 9.45. The topological polar surface area (TPSA) is 83.6 Å². The van der Waals surface area contributed by atoms with Crippen LogP contribution in [-0.2, 0) is 16.5 Å². The van der Waals surface area contributed by atoms with Gasteiger partial charge < -0.3 is 20.3 Å². The first-order chi connectivity index (χ1) is 18.1. The number of carbonyl (C=O) groups excluding carboxylic acids is 2. The number of hydrogen-bond donors (Lipinski definition) is 2. The van der Waals surface area contributed by atoms with E-state index in [9.17, 15) is 27.2 Å². The van der Waals surface area contributed by atoms with Gasteiger partial charge in [-0.2, -0.15) is 13.2 Å². The van der Waals surface area contributed by atoms with Crippen molar-refractivity contribution in [1.29, 1.82) is 0 Å². The molecule has 5 rings (SSSR count). The third-order valence-corrected chi connectivity index (χ3v) is 6.78. The molecule has 2 N–H and O–H groups in total. The molecule has 1 saturated heterocycles. The fourth-order valence-electron chi connectivity index (χ4n) is 4.53. The fourth-order valence-corrected chi connectivity index (χ4v) is 4.53. The zero-order chi connectivity index (χ0) is 27.1. The molecule has 1 aliphatic carbocycles. The predicted octanol–water partition coefficient (Wildman–Crippen LogP) is 4.75. The van der Waals surface area contributed by atoms with Gasteiger partial charge in [-0.1, -0.05) is 18.2 Å². The second-order valence-electron chi connectivity index (χ2n) is 9.45. The van der Waals surface area contributed by atoms with Crippen LogP contribution in [0.1, 0.15) is 44.7 Å². The van der Waals surface area contributed by atoms with Crippen molar-refractivity contribution in [2.75, 3.05) is 30.4 Å². The maximum Gasteiger partial charge on any atom is 0.417 e. The van der Waals surface area contributed by atoms with E-state index in [4.69, 9.17) is 4.74 Å². The summed E-state index contributed by atoms with van der Waals surface area (Å²) < 4.78 is 58.6. The molecule has 2 aliphatic rings. The van der Waals surface area contributed by atoms with E-state index in [1.54, 1.807) is 41.3 Å². The van der Waals surface area contributed by atoms with Crippen LogP contribution in [-0.4, -0.2) is 43.1 Å². The molecule has 2 aromatic carbocycles. The van der Waals surface area contributed by atoms with E-state index in [-0.39, 0.29) is 23.2 Å². The van der Waals surface area contributed by atoms with Crippen molar-refractivity contribution in [3.63, 3.8) is 0 Å². The second kappa shape index (κ2) is 9.62. The molecule has 11 heteroatoms. The smallest absolute Gasteiger partial charge is 0.417 e. The molecule has 2 fully saturated rings. The van der Waals surface area contributed by atoms with Crippen LogP contribution in [0.15, 0.2) is 60.8 Å². The summed E-state index contributed by atoms with van der Waals surface area (Å²) in [7, 11) is 1.28. The standard InChI is InChI=1S/C27H24F4N4O3/c1-38-25(37)16-5-7-17(8-6-16)26(9-10-26)34-24(36)22-11-18(27(29,30)31)13-32-23(22)35-14-21(15-35)33-20-4-2-3-19(28)12-20/h2-8,11-13,21,33H,9-10,14-15H2,1H3,(H,34,36). The van der Waals surface area contributed by atoms with Crippen molar-refractivity contribution in [3.8, 4) is 0 Å². The van der Waals surface area contributed by atoms with Gasteiger partial charge in [-0.05, 0) is 54.8 Å². The molecule has 0 atom stereocenters. The minimum absolute atomic E-state index is 0.0973. The van der Waals surface area contributed by atoms with Gasteiger partial charge in [0.15, 0.2) is 0 Å². The number of esters is 1. The lowest BCUT2D eigenvalue weighted by atomic mass is 10.0. The Morgan fingerprint density at radius 2 is 1.79 bits per heavy atom. The van der Waals surface area contributed by atoms with Crippen molar-refractivity contribution in [2.24, 2.45) is 0 Å². The number of hydrogen-bond acceptors (Lipinski definition) is 6. The number of rotatable bonds is 7. The number of methoxy groups -OCH3 is 1. The van der Waals surface area contributed by atoms with Gasteiger partial charge in [0.2, 0.25) is 0 Å². The monoisotopic (exact) mass is 528 g/mol. The molecule has 3 aromatic rings. The molecule has 1 saturated carbocycles. The van der Waals surface area contributed by atoms with Gasteiger partial charge in [-0.25, -0.2) is 14.2 Å². The number of ether oxygens (including phenoxy) is 1. The highest BCUT2D eigenvalue weighted by atomic mass is 19.4. The molecular weight excluding hydrogens is 504 g/mol. The van der Waals surface area contributed by atoms with Gasteiger partial charge in [0, 0.05) is 25.0 Å². The van der Waals surface area contributed by atoms with E-state index in [1.165, 1.54) is 19.2 Å². The number of benzene rings is 2. The van der Waals surface area contributed by atoms with E-state index >= 15 is 0 Å². The Kier molecular flexibility index (Phi) is 6.46. The lowest BCUT2D eigenvalue weighted by Gasteiger charge is -2.41. The number of nitrogens with zero attached hydrogens (tertiary/aromatic N) is 2. The molecule has 2 heterocycles. The molecular formula is C27H24F4N4O3. The minimum Gasteiger partial charge on any atom is -0.465 e. The first kappa shape index (κ1) is 25.5. The Bertz CT molecular complexity index is 1370. The predicted molar refractivity (Wildman–Crippen MR) is 131 cm³/mol. The SMILES string of the molecule is COC(=O)c1ccc(C2(NC(=O)c3cc(C(F)(F)F)cnc3N3CC(Nc4cccc(F)c4)C3)CC2)cc1. The Morgan fingerprint density at radius 3 is 2.39 bits per heavy atom. The Hall–Kier alpha value is -4.15. The molecule has 0 bridgehead atoms. The first-order valence-electron chi connectivity index (χ1n) is 11.9.